The van der Waals surface area contributed by atoms with E-state index in [9.17, 15) is 9.59 Å². The van der Waals surface area contributed by atoms with Gasteiger partial charge in [-0.1, -0.05) is 13.0 Å². The van der Waals surface area contributed by atoms with Crippen LogP contribution in [-0.4, -0.2) is 50.2 Å². The molecule has 1 atom stereocenters. The summed E-state index contributed by atoms with van der Waals surface area (Å²) in [5.74, 6) is 0.529. The van der Waals surface area contributed by atoms with Gasteiger partial charge in [-0.25, -0.2) is 4.79 Å². The van der Waals surface area contributed by atoms with Crippen LogP contribution < -0.4 is 9.47 Å². The number of amides is 1. The highest BCUT2D eigenvalue weighted by Gasteiger charge is 2.25. The first-order chi connectivity index (χ1) is 12.6. The van der Waals surface area contributed by atoms with Crippen LogP contribution >= 0.6 is 0 Å². The fourth-order valence-corrected chi connectivity index (χ4v) is 3.14. The molecule has 1 aromatic rings. The van der Waals surface area contributed by atoms with Crippen molar-refractivity contribution < 1.29 is 23.8 Å². The van der Waals surface area contributed by atoms with Gasteiger partial charge in [0.25, 0.3) is 5.91 Å². The number of rotatable bonds is 7. The van der Waals surface area contributed by atoms with Gasteiger partial charge in [-0.2, -0.15) is 0 Å². The lowest BCUT2D eigenvalue weighted by atomic mass is 10.00. The van der Waals surface area contributed by atoms with Crippen LogP contribution in [-0.2, 0) is 14.3 Å². The van der Waals surface area contributed by atoms with Gasteiger partial charge in [0.1, 0.15) is 0 Å². The molecule has 0 radical (unpaired) electrons. The maximum Gasteiger partial charge on any atom is 0.331 e. The monoisotopic (exact) mass is 361 g/mol. The van der Waals surface area contributed by atoms with Crippen molar-refractivity contribution in [3.63, 3.8) is 0 Å². The van der Waals surface area contributed by atoms with E-state index >= 15 is 0 Å². The van der Waals surface area contributed by atoms with Crippen LogP contribution in [0.5, 0.6) is 11.5 Å². The molecular formula is C20H27NO5. The minimum atomic E-state index is -0.543. The summed E-state index contributed by atoms with van der Waals surface area (Å²) in [4.78, 5) is 26.0. The molecule has 0 spiro atoms. The maximum absolute atomic E-state index is 12.3. The molecule has 0 aliphatic carbocycles. The molecule has 2 rings (SSSR count). The molecule has 1 amide bonds. The van der Waals surface area contributed by atoms with Crippen molar-refractivity contribution in [3.8, 4) is 11.5 Å². The number of nitrogens with zero attached hydrogens (tertiary/aromatic N) is 1. The molecule has 0 unspecified atom stereocenters. The maximum atomic E-state index is 12.3. The molecule has 0 bridgehead atoms. The number of methoxy groups -OCH3 is 2. The Labute approximate surface area is 154 Å². The number of hydrogen-bond donors (Lipinski definition) is 0. The molecule has 1 aliphatic rings. The van der Waals surface area contributed by atoms with Crippen molar-refractivity contribution >= 4 is 18.0 Å². The van der Waals surface area contributed by atoms with Crippen LogP contribution in [0.1, 0.15) is 38.2 Å². The summed E-state index contributed by atoms with van der Waals surface area (Å²) < 4.78 is 15.5. The van der Waals surface area contributed by atoms with Gasteiger partial charge in [0.05, 0.1) is 14.2 Å². The second-order valence-corrected chi connectivity index (χ2v) is 6.20. The van der Waals surface area contributed by atoms with Crippen molar-refractivity contribution in [1.29, 1.82) is 0 Å². The van der Waals surface area contributed by atoms with Crippen molar-refractivity contribution in [1.82, 2.24) is 4.90 Å². The smallest absolute Gasteiger partial charge is 0.331 e. The third kappa shape index (κ3) is 5.25. The van der Waals surface area contributed by atoms with Gasteiger partial charge >= 0.3 is 5.97 Å². The first kappa shape index (κ1) is 19.8. The lowest BCUT2D eigenvalue weighted by Gasteiger charge is -2.35. The van der Waals surface area contributed by atoms with Gasteiger partial charge in [0, 0.05) is 18.7 Å². The molecule has 6 heteroatoms. The molecule has 0 saturated carbocycles. The fraction of sp³-hybridized carbons (Fsp3) is 0.500. The first-order valence-electron chi connectivity index (χ1n) is 8.95. The Hall–Kier alpha value is -2.50. The summed E-state index contributed by atoms with van der Waals surface area (Å²) in [6, 6.07) is 5.58. The molecule has 1 heterocycles. The van der Waals surface area contributed by atoms with E-state index in [1.165, 1.54) is 6.08 Å². The van der Waals surface area contributed by atoms with E-state index in [2.05, 4.69) is 6.92 Å². The zero-order valence-electron chi connectivity index (χ0n) is 15.7. The molecule has 0 N–H and O–H groups in total. The standard InChI is InChI=1S/C20H27NO5/c1-4-16-7-5-6-12-21(16)19(22)14-26-20(23)11-9-15-8-10-17(24-2)18(13-15)25-3/h8-11,13,16H,4-7,12,14H2,1-3H3/b11-9+/t16-/m1/s1. The zero-order chi connectivity index (χ0) is 18.9. The summed E-state index contributed by atoms with van der Waals surface area (Å²) >= 11 is 0. The van der Waals surface area contributed by atoms with Crippen LogP contribution in [0.3, 0.4) is 0 Å². The molecule has 26 heavy (non-hydrogen) atoms. The molecule has 1 saturated heterocycles. The van der Waals surface area contributed by atoms with E-state index in [0.29, 0.717) is 11.5 Å². The van der Waals surface area contributed by atoms with E-state index in [1.54, 1.807) is 38.5 Å². The van der Waals surface area contributed by atoms with Crippen LogP contribution in [0.2, 0.25) is 0 Å². The van der Waals surface area contributed by atoms with E-state index in [4.69, 9.17) is 14.2 Å². The van der Waals surface area contributed by atoms with Gasteiger partial charge < -0.3 is 19.1 Å². The molecule has 142 valence electrons. The minimum Gasteiger partial charge on any atom is -0.493 e. The van der Waals surface area contributed by atoms with E-state index in [0.717, 1.165) is 37.8 Å². The fourth-order valence-electron chi connectivity index (χ4n) is 3.14. The number of ether oxygens (including phenoxy) is 3. The largest absolute Gasteiger partial charge is 0.493 e. The van der Waals surface area contributed by atoms with Gasteiger partial charge in [0.2, 0.25) is 0 Å². The topological polar surface area (TPSA) is 65.1 Å². The van der Waals surface area contributed by atoms with Crippen LogP contribution in [0.4, 0.5) is 0 Å². The number of carbonyl (C=O) groups is 2. The van der Waals surface area contributed by atoms with Crippen LogP contribution in [0, 0.1) is 0 Å². The summed E-state index contributed by atoms with van der Waals surface area (Å²) in [5.41, 5.74) is 0.771. The Balaban J connectivity index is 1.88. The van der Waals surface area contributed by atoms with Crippen LogP contribution in [0.25, 0.3) is 6.08 Å². The predicted molar refractivity (Wildman–Crippen MR) is 99.2 cm³/mol. The zero-order valence-corrected chi connectivity index (χ0v) is 15.7. The van der Waals surface area contributed by atoms with Crippen LogP contribution in [0.15, 0.2) is 24.3 Å². The normalized spacial score (nSPS) is 17.2. The minimum absolute atomic E-state index is 0.121. The van der Waals surface area contributed by atoms with E-state index in [1.807, 2.05) is 4.90 Å². The average Bonchev–Trinajstić information content (AvgIpc) is 2.69. The molecule has 1 aromatic carbocycles. The summed E-state index contributed by atoms with van der Waals surface area (Å²) in [7, 11) is 3.11. The molecule has 1 aliphatic heterocycles. The average molecular weight is 361 g/mol. The Morgan fingerprint density at radius 3 is 2.65 bits per heavy atom. The Kier molecular flexibility index (Phi) is 7.51. The SMILES string of the molecule is CC[C@@H]1CCCCN1C(=O)COC(=O)/C=C/c1ccc(OC)c(OC)c1. The molecular weight excluding hydrogens is 334 g/mol. The first-order valence-corrected chi connectivity index (χ1v) is 8.95. The van der Waals surface area contributed by atoms with E-state index < -0.39 is 5.97 Å². The highest BCUT2D eigenvalue weighted by molar-refractivity contribution is 5.89. The van der Waals surface area contributed by atoms with E-state index in [-0.39, 0.29) is 18.6 Å². The van der Waals surface area contributed by atoms with Crippen molar-refractivity contribution in [2.75, 3.05) is 27.4 Å². The van der Waals surface area contributed by atoms with Gasteiger partial charge in [-0.05, 0) is 49.5 Å². The van der Waals surface area contributed by atoms with Crippen molar-refractivity contribution in [2.45, 2.75) is 38.6 Å². The van der Waals surface area contributed by atoms with Crippen molar-refractivity contribution in [3.05, 3.63) is 29.8 Å². The number of carbonyl (C=O) groups excluding carboxylic acids is 2. The number of likely N-dealkylation sites (tertiary alicyclic amines) is 1. The highest BCUT2D eigenvalue weighted by Crippen LogP contribution is 2.28. The molecule has 0 aromatic heterocycles. The summed E-state index contributed by atoms with van der Waals surface area (Å²) in [5, 5.41) is 0. The van der Waals surface area contributed by atoms with Gasteiger partial charge in [0.15, 0.2) is 18.1 Å². The number of piperidine rings is 1. The van der Waals surface area contributed by atoms with Gasteiger partial charge in [-0.15, -0.1) is 0 Å². The second-order valence-electron chi connectivity index (χ2n) is 6.20. The number of esters is 1. The molecule has 6 nitrogen and oxygen atoms in total. The predicted octanol–water partition coefficient (Wildman–Crippen LogP) is 3.05. The Morgan fingerprint density at radius 1 is 1.19 bits per heavy atom. The highest BCUT2D eigenvalue weighted by atomic mass is 16.5. The van der Waals surface area contributed by atoms with Gasteiger partial charge in [-0.3, -0.25) is 4.79 Å². The Bertz CT molecular complexity index is 656. The number of benzene rings is 1. The van der Waals surface area contributed by atoms with Crippen molar-refractivity contribution in [2.24, 2.45) is 0 Å². The lowest BCUT2D eigenvalue weighted by Crippen LogP contribution is -2.45. The second kappa shape index (κ2) is 9.85. The Morgan fingerprint density at radius 2 is 1.96 bits per heavy atom. The third-order valence-corrected chi connectivity index (χ3v) is 4.58. The quantitative estimate of drug-likeness (QED) is 0.552. The summed E-state index contributed by atoms with van der Waals surface area (Å²) in [6.45, 7) is 2.61. The molecule has 1 fully saturated rings. The third-order valence-electron chi connectivity index (χ3n) is 4.58. The lowest BCUT2D eigenvalue weighted by molar-refractivity contribution is -0.150. The number of hydrogen-bond acceptors (Lipinski definition) is 5. The summed E-state index contributed by atoms with van der Waals surface area (Å²) in [6.07, 6.45) is 7.03.